The summed E-state index contributed by atoms with van der Waals surface area (Å²) in [6.07, 6.45) is 0.617. The van der Waals surface area contributed by atoms with E-state index in [9.17, 15) is 13.2 Å². The highest BCUT2D eigenvalue weighted by atomic mass is 127. The van der Waals surface area contributed by atoms with Crippen LogP contribution in [-0.2, 0) is 21.5 Å². The van der Waals surface area contributed by atoms with Crippen molar-refractivity contribution in [1.29, 1.82) is 0 Å². The molecule has 92 valence electrons. The number of hydrogen-bond acceptors (Lipinski definition) is 3. The van der Waals surface area contributed by atoms with Crippen molar-refractivity contribution in [2.45, 2.75) is 12.6 Å². The first-order chi connectivity index (χ1) is 8.01. The Kier molecular flexibility index (Phi) is 3.81. The van der Waals surface area contributed by atoms with Crippen LogP contribution >= 0.6 is 22.6 Å². The van der Waals surface area contributed by atoms with E-state index in [-0.39, 0.29) is 13.1 Å². The zero-order chi connectivity index (χ0) is 12.5. The monoisotopic (exact) mass is 366 g/mol. The molecule has 0 spiro atoms. The van der Waals surface area contributed by atoms with E-state index in [1.807, 2.05) is 24.3 Å². The summed E-state index contributed by atoms with van der Waals surface area (Å²) in [5.74, 6) is 0. The molecular weight excluding hydrogens is 355 g/mol. The van der Waals surface area contributed by atoms with E-state index < -0.39 is 16.3 Å². The summed E-state index contributed by atoms with van der Waals surface area (Å²) in [6, 6.07) is 6.97. The Morgan fingerprint density at radius 2 is 2.29 bits per heavy atom. The Morgan fingerprint density at radius 1 is 1.53 bits per heavy atom. The van der Waals surface area contributed by atoms with Crippen LogP contribution in [0.5, 0.6) is 0 Å². The number of halogens is 1. The SMILES string of the molecule is O=CC1CN(Cc2cccc(I)c2)S(=O)(=O)N1. The lowest BCUT2D eigenvalue weighted by atomic mass is 10.2. The Morgan fingerprint density at radius 3 is 2.88 bits per heavy atom. The predicted octanol–water partition coefficient (Wildman–Crippen LogP) is 0.509. The molecule has 7 heteroatoms. The standard InChI is InChI=1S/C10H11IN2O3S/c11-9-3-1-2-8(4-9)5-13-6-10(7-14)12-17(13,15)16/h1-4,7,10,12H,5-6H2. The molecule has 1 unspecified atom stereocenters. The van der Waals surface area contributed by atoms with Gasteiger partial charge in [-0.25, -0.2) is 0 Å². The maximum absolute atomic E-state index is 11.7. The van der Waals surface area contributed by atoms with Crippen LogP contribution in [0.1, 0.15) is 5.56 Å². The Hall–Kier alpha value is -0.510. The minimum Gasteiger partial charge on any atom is -0.302 e. The second kappa shape index (κ2) is 5.01. The molecule has 1 aliphatic rings. The summed E-state index contributed by atoms with van der Waals surface area (Å²) >= 11 is 2.17. The van der Waals surface area contributed by atoms with Gasteiger partial charge in [-0.05, 0) is 40.3 Å². The topological polar surface area (TPSA) is 66.5 Å². The van der Waals surface area contributed by atoms with Crippen molar-refractivity contribution in [3.8, 4) is 0 Å². The average molecular weight is 366 g/mol. The van der Waals surface area contributed by atoms with Crippen LogP contribution in [0.3, 0.4) is 0 Å². The van der Waals surface area contributed by atoms with Gasteiger partial charge in [0.2, 0.25) is 0 Å². The van der Waals surface area contributed by atoms with E-state index >= 15 is 0 Å². The highest BCUT2D eigenvalue weighted by molar-refractivity contribution is 14.1. The van der Waals surface area contributed by atoms with Crippen molar-refractivity contribution in [2.24, 2.45) is 0 Å². The van der Waals surface area contributed by atoms with Gasteiger partial charge in [-0.1, -0.05) is 12.1 Å². The van der Waals surface area contributed by atoms with Gasteiger partial charge in [0.05, 0.1) is 6.04 Å². The first-order valence-corrected chi connectivity index (χ1v) is 7.50. The fraction of sp³-hybridized carbons (Fsp3) is 0.300. The van der Waals surface area contributed by atoms with Gasteiger partial charge in [0.15, 0.2) is 0 Å². The third kappa shape index (κ3) is 3.03. The largest absolute Gasteiger partial charge is 0.302 e. The summed E-state index contributed by atoms with van der Waals surface area (Å²) in [5, 5.41) is 0. The van der Waals surface area contributed by atoms with E-state index in [1.54, 1.807) is 0 Å². The van der Waals surface area contributed by atoms with E-state index in [0.29, 0.717) is 6.29 Å². The lowest BCUT2D eigenvalue weighted by Gasteiger charge is -2.13. The lowest BCUT2D eigenvalue weighted by molar-refractivity contribution is -0.109. The number of aldehydes is 1. The maximum Gasteiger partial charge on any atom is 0.280 e. The molecular formula is C10H11IN2O3S. The minimum atomic E-state index is -3.51. The first kappa shape index (κ1) is 12.9. The van der Waals surface area contributed by atoms with Crippen molar-refractivity contribution >= 4 is 39.1 Å². The van der Waals surface area contributed by atoms with Crippen molar-refractivity contribution < 1.29 is 13.2 Å². The fourth-order valence-corrected chi connectivity index (χ4v) is 3.63. The highest BCUT2D eigenvalue weighted by Gasteiger charge is 2.34. The molecule has 0 aromatic heterocycles. The van der Waals surface area contributed by atoms with E-state index in [1.165, 1.54) is 4.31 Å². The predicted molar refractivity (Wildman–Crippen MR) is 71.5 cm³/mol. The molecule has 0 aliphatic carbocycles. The Balaban J connectivity index is 2.17. The summed E-state index contributed by atoms with van der Waals surface area (Å²) in [5.41, 5.74) is 0.911. The van der Waals surface area contributed by atoms with Crippen LogP contribution in [0.4, 0.5) is 0 Å². The molecule has 1 fully saturated rings. The number of rotatable bonds is 3. The van der Waals surface area contributed by atoms with Gasteiger partial charge in [-0.2, -0.15) is 17.4 Å². The van der Waals surface area contributed by atoms with Crippen molar-refractivity contribution in [1.82, 2.24) is 9.03 Å². The number of hydrogen-bond donors (Lipinski definition) is 1. The summed E-state index contributed by atoms with van der Waals surface area (Å²) < 4.78 is 28.0. The molecule has 0 radical (unpaired) electrons. The number of carbonyl (C=O) groups excluding carboxylic acids is 1. The van der Waals surface area contributed by atoms with Crippen LogP contribution < -0.4 is 4.72 Å². The Labute approximate surface area is 114 Å². The molecule has 1 saturated heterocycles. The fourth-order valence-electron chi connectivity index (χ4n) is 1.68. The van der Waals surface area contributed by atoms with Crippen LogP contribution in [0.25, 0.3) is 0 Å². The zero-order valence-electron chi connectivity index (χ0n) is 8.84. The Bertz CT molecular complexity index is 532. The van der Waals surface area contributed by atoms with Crippen molar-refractivity contribution in [2.75, 3.05) is 6.54 Å². The van der Waals surface area contributed by atoms with Crippen LogP contribution in [0.2, 0.25) is 0 Å². The van der Waals surface area contributed by atoms with Crippen LogP contribution in [-0.4, -0.2) is 31.6 Å². The molecule has 0 amide bonds. The molecule has 1 heterocycles. The first-order valence-electron chi connectivity index (χ1n) is 4.98. The van der Waals surface area contributed by atoms with E-state index in [2.05, 4.69) is 27.3 Å². The minimum absolute atomic E-state index is 0.192. The van der Waals surface area contributed by atoms with Gasteiger partial charge in [0.1, 0.15) is 6.29 Å². The zero-order valence-corrected chi connectivity index (χ0v) is 11.8. The van der Waals surface area contributed by atoms with Crippen molar-refractivity contribution in [3.63, 3.8) is 0 Å². The number of benzene rings is 1. The highest BCUT2D eigenvalue weighted by Crippen LogP contribution is 2.16. The molecule has 1 aromatic rings. The van der Waals surface area contributed by atoms with Crippen molar-refractivity contribution in [3.05, 3.63) is 33.4 Å². The molecule has 0 bridgehead atoms. The molecule has 5 nitrogen and oxygen atoms in total. The van der Waals surface area contributed by atoms with E-state index in [4.69, 9.17) is 0 Å². The number of carbonyl (C=O) groups is 1. The van der Waals surface area contributed by atoms with E-state index in [0.717, 1.165) is 9.13 Å². The maximum atomic E-state index is 11.7. The quantitative estimate of drug-likeness (QED) is 0.626. The van der Waals surface area contributed by atoms with Gasteiger partial charge in [-0.3, -0.25) is 0 Å². The van der Waals surface area contributed by atoms with Gasteiger partial charge in [0.25, 0.3) is 10.2 Å². The molecule has 1 aromatic carbocycles. The molecule has 1 aliphatic heterocycles. The van der Waals surface area contributed by atoms with Gasteiger partial charge in [-0.15, -0.1) is 0 Å². The molecule has 0 saturated carbocycles. The normalized spacial score (nSPS) is 23.7. The third-order valence-electron chi connectivity index (χ3n) is 2.45. The van der Waals surface area contributed by atoms with Gasteiger partial charge >= 0.3 is 0 Å². The second-order valence-electron chi connectivity index (χ2n) is 3.79. The van der Waals surface area contributed by atoms with Gasteiger partial charge < -0.3 is 4.79 Å². The summed E-state index contributed by atoms with van der Waals surface area (Å²) in [7, 11) is -3.51. The summed E-state index contributed by atoms with van der Waals surface area (Å²) in [6.45, 7) is 0.480. The summed E-state index contributed by atoms with van der Waals surface area (Å²) in [4.78, 5) is 10.6. The smallest absolute Gasteiger partial charge is 0.280 e. The average Bonchev–Trinajstić information content (AvgIpc) is 2.54. The molecule has 1 N–H and O–H groups in total. The third-order valence-corrected chi connectivity index (χ3v) is 4.68. The molecule has 1 atom stereocenters. The lowest BCUT2D eigenvalue weighted by Crippen LogP contribution is -2.30. The number of nitrogens with one attached hydrogen (secondary N) is 1. The van der Waals surface area contributed by atoms with Crippen LogP contribution in [0, 0.1) is 3.57 Å². The molecule has 2 rings (SSSR count). The molecule has 17 heavy (non-hydrogen) atoms. The number of nitrogens with zero attached hydrogens (tertiary/aromatic N) is 1. The van der Waals surface area contributed by atoms with Gasteiger partial charge in [0, 0.05) is 16.7 Å². The second-order valence-corrected chi connectivity index (χ2v) is 6.74. The van der Waals surface area contributed by atoms with Crippen LogP contribution in [0.15, 0.2) is 24.3 Å².